The number of nitrogens with one attached hydrogen (secondary N) is 3. The van der Waals surface area contributed by atoms with Crippen molar-refractivity contribution in [2.75, 3.05) is 11.9 Å². The van der Waals surface area contributed by atoms with Crippen LogP contribution in [-0.4, -0.2) is 37.3 Å². The summed E-state index contributed by atoms with van der Waals surface area (Å²) in [6, 6.07) is 18.8. The molecule has 0 unspecified atom stereocenters. The fourth-order valence-electron chi connectivity index (χ4n) is 4.14. The highest BCUT2D eigenvalue weighted by atomic mass is 16.5. The summed E-state index contributed by atoms with van der Waals surface area (Å²) in [4.78, 5) is 21.6. The molecule has 168 valence electrons. The minimum absolute atomic E-state index is 0.299. The van der Waals surface area contributed by atoms with Gasteiger partial charge < -0.3 is 10.1 Å². The highest BCUT2D eigenvalue weighted by molar-refractivity contribution is 5.98. The molecule has 34 heavy (non-hydrogen) atoms. The van der Waals surface area contributed by atoms with E-state index in [1.807, 2.05) is 60.7 Å². The van der Waals surface area contributed by atoms with Crippen molar-refractivity contribution >= 4 is 22.8 Å². The average molecular weight is 451 g/mol. The van der Waals surface area contributed by atoms with Crippen LogP contribution in [0.1, 0.15) is 11.3 Å². The molecule has 0 saturated heterocycles. The third-order valence-electron chi connectivity index (χ3n) is 5.83. The second kappa shape index (κ2) is 8.45. The van der Waals surface area contributed by atoms with Crippen molar-refractivity contribution in [2.45, 2.75) is 13.0 Å². The standard InChI is InChI=1S/C25H21N7O2/c33-25(29-23-13-20(30-31-23)16-4-2-1-3-5-16)32-11-9-17-12-18(6-7-22(17)32)34-24-19-8-10-26-14-21(19)27-15-28-24/h1-7,9,11-13,15,26H,8,10,14H2,(H2,29,30,31,33). The number of benzene rings is 2. The van der Waals surface area contributed by atoms with Crippen LogP contribution < -0.4 is 15.4 Å². The number of fused-ring (bicyclic) bond motifs is 2. The number of nitrogens with zero attached hydrogens (tertiary/aromatic N) is 4. The first kappa shape index (κ1) is 20.1. The van der Waals surface area contributed by atoms with Crippen LogP contribution in [0.5, 0.6) is 11.6 Å². The first-order valence-corrected chi connectivity index (χ1v) is 11.0. The smallest absolute Gasteiger partial charge is 0.331 e. The normalized spacial score (nSPS) is 12.9. The number of aromatic amines is 1. The van der Waals surface area contributed by atoms with Crippen LogP contribution in [0.25, 0.3) is 22.2 Å². The maximum Gasteiger partial charge on any atom is 0.331 e. The van der Waals surface area contributed by atoms with Gasteiger partial charge in [-0.2, -0.15) is 5.10 Å². The van der Waals surface area contributed by atoms with Crippen molar-refractivity contribution in [1.82, 2.24) is 30.0 Å². The third kappa shape index (κ3) is 3.78. The molecule has 0 saturated carbocycles. The van der Waals surface area contributed by atoms with E-state index < -0.39 is 0 Å². The molecule has 3 N–H and O–H groups in total. The minimum atomic E-state index is -0.299. The zero-order chi connectivity index (χ0) is 22.9. The zero-order valence-corrected chi connectivity index (χ0v) is 18.2. The van der Waals surface area contributed by atoms with Gasteiger partial charge in [-0.25, -0.2) is 14.8 Å². The van der Waals surface area contributed by atoms with E-state index in [2.05, 4.69) is 30.8 Å². The summed E-state index contributed by atoms with van der Waals surface area (Å²) in [5.74, 6) is 1.69. The molecule has 1 amide bonds. The lowest BCUT2D eigenvalue weighted by molar-refractivity contribution is 0.254. The predicted octanol–water partition coefficient (Wildman–Crippen LogP) is 4.34. The molecule has 0 aliphatic carbocycles. The molecule has 0 radical (unpaired) electrons. The van der Waals surface area contributed by atoms with Gasteiger partial charge in [0.25, 0.3) is 0 Å². The number of aromatic nitrogens is 5. The van der Waals surface area contributed by atoms with Crippen LogP contribution in [0.15, 0.2) is 73.2 Å². The Morgan fingerprint density at radius 3 is 2.88 bits per heavy atom. The second-order valence-corrected chi connectivity index (χ2v) is 8.00. The highest BCUT2D eigenvalue weighted by Gasteiger charge is 2.17. The van der Waals surface area contributed by atoms with Crippen molar-refractivity contribution < 1.29 is 9.53 Å². The summed E-state index contributed by atoms with van der Waals surface area (Å²) in [6.07, 6.45) is 4.08. The van der Waals surface area contributed by atoms with E-state index in [9.17, 15) is 4.79 Å². The minimum Gasteiger partial charge on any atom is -0.439 e. The van der Waals surface area contributed by atoms with Gasteiger partial charge in [0, 0.05) is 29.8 Å². The van der Waals surface area contributed by atoms with Gasteiger partial charge in [0.15, 0.2) is 5.82 Å². The molecule has 6 rings (SSSR count). The van der Waals surface area contributed by atoms with Crippen LogP contribution >= 0.6 is 0 Å². The Balaban J connectivity index is 1.21. The molecule has 9 nitrogen and oxygen atoms in total. The topological polar surface area (TPSA) is 110 Å². The maximum atomic E-state index is 12.9. The van der Waals surface area contributed by atoms with E-state index in [4.69, 9.17) is 4.74 Å². The van der Waals surface area contributed by atoms with Crippen LogP contribution in [0.3, 0.4) is 0 Å². The quantitative estimate of drug-likeness (QED) is 0.375. The lowest BCUT2D eigenvalue weighted by Gasteiger charge is -2.18. The van der Waals surface area contributed by atoms with Crippen molar-refractivity contribution in [2.24, 2.45) is 0 Å². The first-order valence-electron chi connectivity index (χ1n) is 11.0. The molecule has 5 aromatic rings. The SMILES string of the molecule is O=C(Nc1cc(-c2ccccc2)[nH]n1)n1ccc2cc(Oc3ncnc4c3CCNC4)ccc21. The Kier molecular flexibility index (Phi) is 5.00. The van der Waals surface area contributed by atoms with E-state index in [1.54, 1.807) is 10.8 Å². The summed E-state index contributed by atoms with van der Waals surface area (Å²) in [7, 11) is 0. The molecule has 9 heteroatoms. The molecule has 1 aliphatic rings. The number of anilines is 1. The van der Waals surface area contributed by atoms with Gasteiger partial charge in [0.2, 0.25) is 5.88 Å². The first-order chi connectivity index (χ1) is 16.7. The number of hydrogen-bond acceptors (Lipinski definition) is 6. The molecule has 0 atom stereocenters. The molecular formula is C25H21N7O2. The largest absolute Gasteiger partial charge is 0.439 e. The fraction of sp³-hybridized carbons (Fsp3) is 0.120. The predicted molar refractivity (Wildman–Crippen MR) is 128 cm³/mol. The van der Waals surface area contributed by atoms with E-state index >= 15 is 0 Å². The number of ether oxygens (including phenoxy) is 1. The number of rotatable bonds is 4. The van der Waals surface area contributed by atoms with Crippen molar-refractivity contribution in [3.63, 3.8) is 0 Å². The molecule has 0 spiro atoms. The van der Waals surface area contributed by atoms with Gasteiger partial charge in [-0.15, -0.1) is 0 Å². The van der Waals surface area contributed by atoms with Crippen LogP contribution in [0.4, 0.5) is 10.6 Å². The highest BCUT2D eigenvalue weighted by Crippen LogP contribution is 2.29. The summed E-state index contributed by atoms with van der Waals surface area (Å²) >= 11 is 0. The fourth-order valence-corrected chi connectivity index (χ4v) is 4.14. The van der Waals surface area contributed by atoms with Gasteiger partial charge >= 0.3 is 6.03 Å². The van der Waals surface area contributed by atoms with E-state index in [-0.39, 0.29) is 6.03 Å². The molecule has 0 bridgehead atoms. The molecular weight excluding hydrogens is 430 g/mol. The van der Waals surface area contributed by atoms with Gasteiger partial charge in [0.05, 0.1) is 16.9 Å². The van der Waals surface area contributed by atoms with Gasteiger partial charge in [-0.1, -0.05) is 30.3 Å². The van der Waals surface area contributed by atoms with E-state index in [1.165, 1.54) is 6.33 Å². The van der Waals surface area contributed by atoms with Crippen LogP contribution in [0.2, 0.25) is 0 Å². The Morgan fingerprint density at radius 1 is 1.06 bits per heavy atom. The van der Waals surface area contributed by atoms with E-state index in [0.717, 1.165) is 46.4 Å². The maximum absolute atomic E-state index is 12.9. The lowest BCUT2D eigenvalue weighted by atomic mass is 10.1. The lowest BCUT2D eigenvalue weighted by Crippen LogP contribution is -2.25. The van der Waals surface area contributed by atoms with Gasteiger partial charge in [-0.05, 0) is 42.8 Å². The van der Waals surface area contributed by atoms with Gasteiger partial charge in [-0.3, -0.25) is 15.0 Å². The number of hydrogen-bond donors (Lipinski definition) is 3. The van der Waals surface area contributed by atoms with Crippen molar-refractivity contribution in [1.29, 1.82) is 0 Å². The Labute approximate surface area is 194 Å². The van der Waals surface area contributed by atoms with Crippen molar-refractivity contribution in [3.8, 4) is 22.9 Å². The molecule has 1 aliphatic heterocycles. The number of amides is 1. The van der Waals surface area contributed by atoms with E-state index in [0.29, 0.717) is 24.0 Å². The van der Waals surface area contributed by atoms with Crippen molar-refractivity contribution in [3.05, 3.63) is 84.4 Å². The molecule has 2 aromatic carbocycles. The Morgan fingerprint density at radius 2 is 1.97 bits per heavy atom. The summed E-state index contributed by atoms with van der Waals surface area (Å²) in [5.41, 5.74) is 4.59. The molecule has 3 aromatic heterocycles. The molecule has 4 heterocycles. The summed E-state index contributed by atoms with van der Waals surface area (Å²) < 4.78 is 7.64. The number of H-pyrrole nitrogens is 1. The number of carbonyl (C=O) groups excluding carboxylic acids is 1. The van der Waals surface area contributed by atoms with Crippen LogP contribution in [0, 0.1) is 0 Å². The monoisotopic (exact) mass is 451 g/mol. The summed E-state index contributed by atoms with van der Waals surface area (Å²) in [5, 5.41) is 14.2. The zero-order valence-electron chi connectivity index (χ0n) is 18.2. The van der Waals surface area contributed by atoms with Gasteiger partial charge in [0.1, 0.15) is 12.1 Å². The molecule has 0 fully saturated rings. The number of carbonyl (C=O) groups is 1. The Bertz CT molecular complexity index is 1490. The Hall–Kier alpha value is -4.50. The average Bonchev–Trinajstić information content (AvgIpc) is 3.52. The summed E-state index contributed by atoms with van der Waals surface area (Å²) in [6.45, 7) is 1.59. The van der Waals surface area contributed by atoms with Crippen LogP contribution in [-0.2, 0) is 13.0 Å². The third-order valence-corrected chi connectivity index (χ3v) is 5.83. The second-order valence-electron chi connectivity index (χ2n) is 8.00.